The maximum absolute atomic E-state index is 13.3. The average Bonchev–Trinajstić information content (AvgIpc) is 2.87. The summed E-state index contributed by atoms with van der Waals surface area (Å²) in [4.78, 5) is 38.4. The van der Waals surface area contributed by atoms with Crippen LogP contribution in [0.4, 0.5) is 5.69 Å². The lowest BCUT2D eigenvalue weighted by Gasteiger charge is -2.37. The largest absolute Gasteiger partial charge is 0.462 e. The third kappa shape index (κ3) is 5.88. The third-order valence-electron chi connectivity index (χ3n) is 6.71. The molecule has 1 amide bonds. The minimum Gasteiger partial charge on any atom is -0.462 e. The van der Waals surface area contributed by atoms with Crippen LogP contribution in [0.5, 0.6) is 0 Å². The van der Waals surface area contributed by atoms with Crippen molar-refractivity contribution in [3.63, 3.8) is 0 Å². The van der Waals surface area contributed by atoms with Gasteiger partial charge in [0.1, 0.15) is 11.2 Å². The highest BCUT2D eigenvalue weighted by Crippen LogP contribution is 2.33. The van der Waals surface area contributed by atoms with Gasteiger partial charge in [0.25, 0.3) is 5.91 Å². The molecule has 1 aliphatic rings. The maximum Gasteiger partial charge on any atom is 0.343 e. The van der Waals surface area contributed by atoms with E-state index in [2.05, 4.69) is 24.5 Å². The topological polar surface area (TPSA) is 97.6 Å². The molecule has 1 aliphatic heterocycles. The molecule has 0 aliphatic carbocycles. The van der Waals surface area contributed by atoms with Gasteiger partial charge in [-0.2, -0.15) is 0 Å². The molecule has 0 fully saturated rings. The Labute approximate surface area is 220 Å². The van der Waals surface area contributed by atoms with Crippen LogP contribution in [0.15, 0.2) is 57.8 Å². The fourth-order valence-corrected chi connectivity index (χ4v) is 4.72. The molecule has 0 saturated carbocycles. The van der Waals surface area contributed by atoms with Gasteiger partial charge in [-0.25, -0.2) is 9.59 Å². The van der Waals surface area contributed by atoms with Crippen molar-refractivity contribution in [3.8, 4) is 0 Å². The standard InChI is InChI=1S/C29H31ClN2O5/c1-4-6-8-18(5-2)17-36-25(33)14-11-19-9-7-10-23-26(19)27(34)32-29(3,31-23)22-16-20-15-21(30)12-13-24(20)37-28(22)35/h7,9-16,18,31H,4-6,8,17H2,1-3H3,(H,32,34)/b14-11+. The van der Waals surface area contributed by atoms with Gasteiger partial charge in [0, 0.05) is 22.2 Å². The van der Waals surface area contributed by atoms with Crippen LogP contribution in [0.2, 0.25) is 5.02 Å². The van der Waals surface area contributed by atoms with E-state index in [1.165, 1.54) is 6.08 Å². The molecule has 37 heavy (non-hydrogen) atoms. The first-order valence-corrected chi connectivity index (χ1v) is 12.9. The van der Waals surface area contributed by atoms with Crippen LogP contribution >= 0.6 is 11.6 Å². The van der Waals surface area contributed by atoms with E-state index >= 15 is 0 Å². The van der Waals surface area contributed by atoms with Crippen molar-refractivity contribution in [2.45, 2.75) is 52.1 Å². The predicted molar refractivity (Wildman–Crippen MR) is 146 cm³/mol. The number of hydrogen-bond acceptors (Lipinski definition) is 6. The summed E-state index contributed by atoms with van der Waals surface area (Å²) in [7, 11) is 0. The Hall–Kier alpha value is -3.58. The Morgan fingerprint density at radius 1 is 1.16 bits per heavy atom. The molecule has 0 saturated heterocycles. The maximum atomic E-state index is 13.3. The number of hydrogen-bond donors (Lipinski definition) is 2. The number of anilines is 1. The lowest BCUT2D eigenvalue weighted by Crippen LogP contribution is -2.55. The van der Waals surface area contributed by atoms with Crippen molar-refractivity contribution in [1.29, 1.82) is 0 Å². The summed E-state index contributed by atoms with van der Waals surface area (Å²) in [6.07, 6.45) is 7.12. The minimum absolute atomic E-state index is 0.236. The number of unbranched alkanes of at least 4 members (excludes halogenated alkanes) is 1. The average molecular weight is 523 g/mol. The van der Waals surface area contributed by atoms with E-state index in [4.69, 9.17) is 20.8 Å². The first-order valence-electron chi connectivity index (χ1n) is 12.6. The molecule has 2 heterocycles. The van der Waals surface area contributed by atoms with E-state index in [-0.39, 0.29) is 11.5 Å². The molecular weight excluding hydrogens is 492 g/mol. The summed E-state index contributed by atoms with van der Waals surface area (Å²) >= 11 is 6.11. The zero-order chi connectivity index (χ0) is 26.6. The van der Waals surface area contributed by atoms with Crippen molar-refractivity contribution >= 4 is 46.2 Å². The smallest absolute Gasteiger partial charge is 0.343 e. The van der Waals surface area contributed by atoms with E-state index < -0.39 is 17.3 Å². The number of fused-ring (bicyclic) bond motifs is 2. The van der Waals surface area contributed by atoms with Gasteiger partial charge in [-0.05, 0) is 61.2 Å². The summed E-state index contributed by atoms with van der Waals surface area (Å²) in [6, 6.07) is 11.9. The number of rotatable bonds is 9. The summed E-state index contributed by atoms with van der Waals surface area (Å²) < 4.78 is 10.9. The molecule has 1 aromatic heterocycles. The number of ether oxygens (including phenoxy) is 1. The Bertz CT molecular complexity index is 1410. The lowest BCUT2D eigenvalue weighted by atomic mass is 9.94. The molecule has 0 bridgehead atoms. The molecule has 2 aromatic carbocycles. The Morgan fingerprint density at radius 3 is 2.73 bits per heavy atom. The van der Waals surface area contributed by atoms with E-state index in [0.29, 0.717) is 45.3 Å². The second-order valence-corrected chi connectivity index (χ2v) is 9.92. The molecule has 3 aromatic rings. The van der Waals surface area contributed by atoms with Gasteiger partial charge >= 0.3 is 11.6 Å². The van der Waals surface area contributed by atoms with Gasteiger partial charge in [-0.3, -0.25) is 4.79 Å². The van der Waals surface area contributed by atoms with Crippen LogP contribution in [0, 0.1) is 5.92 Å². The molecule has 8 heteroatoms. The van der Waals surface area contributed by atoms with E-state index in [1.54, 1.807) is 55.5 Å². The number of carbonyl (C=O) groups is 2. The van der Waals surface area contributed by atoms with Crippen LogP contribution in [0.25, 0.3) is 17.0 Å². The first kappa shape index (κ1) is 26.5. The normalized spacial score (nSPS) is 17.8. The SMILES string of the molecule is CCCCC(CC)COC(=O)/C=C/c1cccc2c1C(=O)NC(C)(c1cc3cc(Cl)ccc3oc1=O)N2. The van der Waals surface area contributed by atoms with Gasteiger partial charge in [0.15, 0.2) is 0 Å². The van der Waals surface area contributed by atoms with Gasteiger partial charge in [-0.1, -0.05) is 56.8 Å². The number of nitrogens with one attached hydrogen (secondary N) is 2. The van der Waals surface area contributed by atoms with Crippen LogP contribution in [0.3, 0.4) is 0 Å². The number of halogens is 1. The number of benzene rings is 2. The summed E-state index contributed by atoms with van der Waals surface area (Å²) in [5.41, 5.74) is 0.285. The zero-order valence-electron chi connectivity index (χ0n) is 21.2. The number of amides is 1. The van der Waals surface area contributed by atoms with E-state index in [0.717, 1.165) is 25.7 Å². The van der Waals surface area contributed by atoms with Crippen LogP contribution in [-0.2, 0) is 15.2 Å². The van der Waals surface area contributed by atoms with Gasteiger partial charge in [0.05, 0.1) is 17.7 Å². The second-order valence-electron chi connectivity index (χ2n) is 9.48. The van der Waals surface area contributed by atoms with Crippen molar-refractivity contribution in [1.82, 2.24) is 5.32 Å². The predicted octanol–water partition coefficient (Wildman–Crippen LogP) is 6.25. The molecule has 0 spiro atoms. The summed E-state index contributed by atoms with van der Waals surface area (Å²) in [5, 5.41) is 7.29. The Morgan fingerprint density at radius 2 is 1.97 bits per heavy atom. The van der Waals surface area contributed by atoms with Crippen LogP contribution in [-0.4, -0.2) is 18.5 Å². The molecule has 194 valence electrons. The molecular formula is C29H31ClN2O5. The quantitative estimate of drug-likeness (QED) is 0.196. The Kier molecular flexibility index (Phi) is 8.03. The first-order chi connectivity index (χ1) is 17.7. The molecule has 2 atom stereocenters. The monoisotopic (exact) mass is 522 g/mol. The zero-order valence-corrected chi connectivity index (χ0v) is 22.0. The van der Waals surface area contributed by atoms with Gasteiger partial charge < -0.3 is 19.8 Å². The second kappa shape index (κ2) is 11.2. The highest BCUT2D eigenvalue weighted by Gasteiger charge is 2.38. The summed E-state index contributed by atoms with van der Waals surface area (Å²) in [5.74, 6) is -0.492. The lowest BCUT2D eigenvalue weighted by molar-refractivity contribution is -0.139. The van der Waals surface area contributed by atoms with Gasteiger partial charge in [-0.15, -0.1) is 0 Å². The fourth-order valence-electron chi connectivity index (χ4n) is 4.54. The molecule has 2 N–H and O–H groups in total. The van der Waals surface area contributed by atoms with Crippen LogP contribution < -0.4 is 16.3 Å². The number of carbonyl (C=O) groups excluding carboxylic acids is 2. The third-order valence-corrected chi connectivity index (χ3v) is 6.94. The highest BCUT2D eigenvalue weighted by molar-refractivity contribution is 6.31. The molecule has 0 radical (unpaired) electrons. The van der Waals surface area contributed by atoms with Crippen molar-refractivity contribution in [2.75, 3.05) is 11.9 Å². The molecule has 2 unspecified atom stereocenters. The van der Waals surface area contributed by atoms with E-state index in [1.807, 2.05) is 0 Å². The van der Waals surface area contributed by atoms with Crippen LogP contribution in [0.1, 0.15) is 67.9 Å². The fraction of sp³-hybridized carbons (Fsp3) is 0.345. The van der Waals surface area contributed by atoms with Crippen molar-refractivity contribution in [2.24, 2.45) is 5.92 Å². The highest BCUT2D eigenvalue weighted by atomic mass is 35.5. The van der Waals surface area contributed by atoms with E-state index in [9.17, 15) is 14.4 Å². The Balaban J connectivity index is 1.56. The minimum atomic E-state index is -1.23. The molecule has 7 nitrogen and oxygen atoms in total. The number of esters is 1. The van der Waals surface area contributed by atoms with Gasteiger partial charge in [0.2, 0.25) is 0 Å². The van der Waals surface area contributed by atoms with Crippen molar-refractivity contribution < 1.29 is 18.7 Å². The van der Waals surface area contributed by atoms with Crippen molar-refractivity contribution in [3.05, 3.63) is 80.7 Å². The summed E-state index contributed by atoms with van der Waals surface area (Å²) in [6.45, 7) is 6.31. The molecule has 4 rings (SSSR count).